The van der Waals surface area contributed by atoms with Crippen LogP contribution in [-0.4, -0.2) is 15.7 Å². The number of amides is 1. The van der Waals surface area contributed by atoms with E-state index < -0.39 is 11.6 Å². The third-order valence-corrected chi connectivity index (χ3v) is 5.46. The number of anilines is 1. The van der Waals surface area contributed by atoms with E-state index in [1.807, 2.05) is 0 Å². The standard InChI is InChI=1S/C24H17Cl2F2N3O2/c25-20-5-2-6-21(26)19(20)13-31-12-18(11-29-31)30-24(32)16-4-1-3-15(9-16)14-33-23-8-7-17(27)10-22(23)28/h1-12H,13-14H2,(H,30,32). The molecule has 0 aliphatic carbocycles. The van der Waals surface area contributed by atoms with Crippen LogP contribution in [0.15, 0.2) is 73.1 Å². The second-order valence-electron chi connectivity index (χ2n) is 7.14. The summed E-state index contributed by atoms with van der Waals surface area (Å²) < 4.78 is 33.8. The van der Waals surface area contributed by atoms with Crippen molar-refractivity contribution in [1.29, 1.82) is 0 Å². The van der Waals surface area contributed by atoms with Crippen LogP contribution in [0.2, 0.25) is 10.0 Å². The molecule has 1 aromatic heterocycles. The molecule has 0 fully saturated rings. The highest BCUT2D eigenvalue weighted by molar-refractivity contribution is 6.35. The summed E-state index contributed by atoms with van der Waals surface area (Å²) in [4.78, 5) is 12.7. The first kappa shape index (κ1) is 22.8. The third kappa shape index (κ3) is 5.69. The molecule has 4 rings (SSSR count). The fourth-order valence-electron chi connectivity index (χ4n) is 3.12. The van der Waals surface area contributed by atoms with Crippen molar-refractivity contribution in [2.24, 2.45) is 0 Å². The maximum absolute atomic E-state index is 13.7. The zero-order valence-corrected chi connectivity index (χ0v) is 18.6. The van der Waals surface area contributed by atoms with Crippen LogP contribution in [-0.2, 0) is 13.2 Å². The molecule has 1 amide bonds. The van der Waals surface area contributed by atoms with E-state index in [1.165, 1.54) is 12.3 Å². The number of carbonyl (C=O) groups excluding carboxylic acids is 1. The summed E-state index contributed by atoms with van der Waals surface area (Å²) in [5, 5.41) is 8.08. The number of ether oxygens (including phenoxy) is 1. The van der Waals surface area contributed by atoms with E-state index in [-0.39, 0.29) is 18.3 Å². The smallest absolute Gasteiger partial charge is 0.255 e. The van der Waals surface area contributed by atoms with Gasteiger partial charge in [0.15, 0.2) is 11.6 Å². The van der Waals surface area contributed by atoms with Gasteiger partial charge < -0.3 is 10.1 Å². The number of carbonyl (C=O) groups is 1. The molecule has 0 atom stereocenters. The molecule has 0 saturated heterocycles. The highest BCUT2D eigenvalue weighted by Gasteiger charge is 2.11. The van der Waals surface area contributed by atoms with E-state index in [0.717, 1.165) is 17.7 Å². The molecule has 1 N–H and O–H groups in total. The van der Waals surface area contributed by atoms with Crippen LogP contribution in [0.25, 0.3) is 0 Å². The summed E-state index contributed by atoms with van der Waals surface area (Å²) >= 11 is 12.4. The van der Waals surface area contributed by atoms with Gasteiger partial charge in [-0.3, -0.25) is 9.48 Å². The lowest BCUT2D eigenvalue weighted by Gasteiger charge is -2.09. The topological polar surface area (TPSA) is 56.2 Å². The summed E-state index contributed by atoms with van der Waals surface area (Å²) in [5.74, 6) is -1.90. The van der Waals surface area contributed by atoms with Crippen LogP contribution >= 0.6 is 23.2 Å². The maximum Gasteiger partial charge on any atom is 0.255 e. The van der Waals surface area contributed by atoms with Gasteiger partial charge in [0.05, 0.1) is 18.4 Å². The Hall–Kier alpha value is -3.42. The van der Waals surface area contributed by atoms with Gasteiger partial charge in [0.25, 0.3) is 5.91 Å². The maximum atomic E-state index is 13.7. The molecular weight excluding hydrogens is 471 g/mol. The van der Waals surface area contributed by atoms with Crippen molar-refractivity contribution in [3.8, 4) is 5.75 Å². The van der Waals surface area contributed by atoms with Crippen molar-refractivity contribution in [3.05, 3.63) is 111 Å². The lowest BCUT2D eigenvalue weighted by molar-refractivity contribution is 0.102. The van der Waals surface area contributed by atoms with E-state index in [9.17, 15) is 13.6 Å². The lowest BCUT2D eigenvalue weighted by Crippen LogP contribution is -2.12. The predicted octanol–water partition coefficient (Wildman–Crippen LogP) is 6.35. The van der Waals surface area contributed by atoms with Crippen LogP contribution in [0.5, 0.6) is 5.75 Å². The number of nitrogens with zero attached hydrogens (tertiary/aromatic N) is 2. The molecule has 0 aliphatic rings. The Bertz CT molecular complexity index is 1290. The van der Waals surface area contributed by atoms with Gasteiger partial charge in [-0.2, -0.15) is 5.10 Å². The van der Waals surface area contributed by atoms with Crippen LogP contribution in [0.4, 0.5) is 14.5 Å². The molecule has 3 aromatic carbocycles. The second kappa shape index (κ2) is 10.0. The molecule has 0 saturated carbocycles. The fraction of sp³-hybridized carbons (Fsp3) is 0.0833. The minimum atomic E-state index is -0.793. The van der Waals surface area contributed by atoms with Gasteiger partial charge in [-0.1, -0.05) is 41.4 Å². The molecule has 0 unspecified atom stereocenters. The third-order valence-electron chi connectivity index (χ3n) is 4.75. The first-order chi connectivity index (χ1) is 15.9. The molecule has 9 heteroatoms. The molecule has 0 radical (unpaired) electrons. The second-order valence-corrected chi connectivity index (χ2v) is 7.96. The molecule has 33 heavy (non-hydrogen) atoms. The van der Waals surface area contributed by atoms with Gasteiger partial charge in [-0.25, -0.2) is 8.78 Å². The van der Waals surface area contributed by atoms with Gasteiger partial charge in [0.2, 0.25) is 0 Å². The van der Waals surface area contributed by atoms with Crippen molar-refractivity contribution in [3.63, 3.8) is 0 Å². The monoisotopic (exact) mass is 487 g/mol. The molecule has 0 bridgehead atoms. The van der Waals surface area contributed by atoms with E-state index in [0.29, 0.717) is 33.4 Å². The highest BCUT2D eigenvalue weighted by atomic mass is 35.5. The van der Waals surface area contributed by atoms with Crippen molar-refractivity contribution in [2.75, 3.05) is 5.32 Å². The van der Waals surface area contributed by atoms with Gasteiger partial charge >= 0.3 is 0 Å². The van der Waals surface area contributed by atoms with E-state index in [1.54, 1.807) is 53.3 Å². The molecule has 0 aliphatic heterocycles. The number of nitrogens with one attached hydrogen (secondary N) is 1. The van der Waals surface area contributed by atoms with Crippen LogP contribution in [0, 0.1) is 11.6 Å². The Balaban J connectivity index is 1.40. The Morgan fingerprint density at radius 3 is 2.55 bits per heavy atom. The van der Waals surface area contributed by atoms with E-state index >= 15 is 0 Å². The molecular formula is C24H17Cl2F2N3O2. The van der Waals surface area contributed by atoms with Crippen molar-refractivity contribution in [2.45, 2.75) is 13.2 Å². The zero-order valence-electron chi connectivity index (χ0n) is 17.1. The van der Waals surface area contributed by atoms with Crippen LogP contribution < -0.4 is 10.1 Å². The predicted molar refractivity (Wildman–Crippen MR) is 123 cm³/mol. The van der Waals surface area contributed by atoms with Crippen molar-refractivity contribution in [1.82, 2.24) is 9.78 Å². The number of halogens is 4. The van der Waals surface area contributed by atoms with Gasteiger partial charge in [0.1, 0.15) is 12.4 Å². The summed E-state index contributed by atoms with van der Waals surface area (Å²) in [5.41, 5.74) is 2.26. The quantitative estimate of drug-likeness (QED) is 0.330. The summed E-state index contributed by atoms with van der Waals surface area (Å²) in [6.07, 6.45) is 3.19. The molecule has 1 heterocycles. The average Bonchev–Trinajstić information content (AvgIpc) is 3.23. The number of hydrogen-bond acceptors (Lipinski definition) is 3. The lowest BCUT2D eigenvalue weighted by atomic mass is 10.1. The van der Waals surface area contributed by atoms with Crippen molar-refractivity contribution < 1.29 is 18.3 Å². The largest absolute Gasteiger partial charge is 0.486 e. The zero-order chi connectivity index (χ0) is 23.4. The Morgan fingerprint density at radius 2 is 1.79 bits per heavy atom. The Labute approximate surface area is 198 Å². The normalized spacial score (nSPS) is 10.8. The molecule has 0 spiro atoms. The van der Waals surface area contributed by atoms with Crippen molar-refractivity contribution >= 4 is 34.8 Å². The minimum absolute atomic E-state index is 0.0141. The Kier molecular flexibility index (Phi) is 6.91. The first-order valence-corrected chi connectivity index (χ1v) is 10.6. The number of benzene rings is 3. The van der Waals surface area contributed by atoms with Gasteiger partial charge in [-0.15, -0.1) is 0 Å². The number of hydrogen-bond donors (Lipinski definition) is 1. The number of rotatable bonds is 7. The van der Waals surface area contributed by atoms with Crippen LogP contribution in [0.1, 0.15) is 21.5 Å². The summed E-state index contributed by atoms with van der Waals surface area (Å²) in [7, 11) is 0. The minimum Gasteiger partial charge on any atom is -0.486 e. The summed E-state index contributed by atoms with van der Waals surface area (Å²) in [6, 6.07) is 15.0. The SMILES string of the molecule is O=C(Nc1cnn(Cc2c(Cl)cccc2Cl)c1)c1cccc(COc2ccc(F)cc2F)c1. The van der Waals surface area contributed by atoms with Gasteiger partial charge in [-0.05, 0) is 42.0 Å². The number of aromatic nitrogens is 2. The Morgan fingerprint density at radius 1 is 1.03 bits per heavy atom. The molecule has 4 aromatic rings. The highest BCUT2D eigenvalue weighted by Crippen LogP contribution is 2.25. The molecule has 5 nitrogen and oxygen atoms in total. The first-order valence-electron chi connectivity index (χ1n) is 9.82. The average molecular weight is 488 g/mol. The van der Waals surface area contributed by atoms with Gasteiger partial charge in [0, 0.05) is 33.4 Å². The van der Waals surface area contributed by atoms with E-state index in [4.69, 9.17) is 27.9 Å². The molecule has 168 valence electrons. The summed E-state index contributed by atoms with van der Waals surface area (Å²) in [6.45, 7) is 0.362. The fourth-order valence-corrected chi connectivity index (χ4v) is 3.64. The van der Waals surface area contributed by atoms with Crippen LogP contribution in [0.3, 0.4) is 0 Å². The van der Waals surface area contributed by atoms with E-state index in [2.05, 4.69) is 10.4 Å².